The average molecular weight is 354 g/mol. The van der Waals surface area contributed by atoms with Gasteiger partial charge in [-0.2, -0.15) is 55.3 Å². The molecule has 124 valence electrons. The van der Waals surface area contributed by atoms with Gasteiger partial charge in [-0.15, -0.1) is 36.8 Å². The Kier molecular flexibility index (Phi) is 18.1. The summed E-state index contributed by atoms with van der Waals surface area (Å²) in [6.07, 6.45) is 9.58. The summed E-state index contributed by atoms with van der Waals surface area (Å²) >= 11 is 0. The third-order valence-corrected chi connectivity index (χ3v) is 2.27. The van der Waals surface area contributed by atoms with Gasteiger partial charge in [0.1, 0.15) is 0 Å². The van der Waals surface area contributed by atoms with Gasteiger partial charge in [-0.05, 0) is 0 Å². The minimum Gasteiger partial charge on any atom is -0.852 e. The Bertz CT molecular complexity index is 480. The van der Waals surface area contributed by atoms with Crippen molar-refractivity contribution in [2.24, 2.45) is 0 Å². The van der Waals surface area contributed by atoms with Crippen molar-refractivity contribution < 1.29 is 26.8 Å². The Morgan fingerprint density at radius 2 is 1.25 bits per heavy atom. The van der Waals surface area contributed by atoms with E-state index in [1.807, 2.05) is 72.8 Å². The molecule has 2 aromatic carbocycles. The molecule has 2 aromatic rings. The van der Waals surface area contributed by atoms with Crippen molar-refractivity contribution in [3.63, 3.8) is 0 Å². The summed E-state index contributed by atoms with van der Waals surface area (Å²) in [5, 5.41) is 9.53. The Labute approximate surface area is 163 Å². The van der Waals surface area contributed by atoms with Gasteiger partial charge in [0.25, 0.3) is 0 Å². The van der Waals surface area contributed by atoms with E-state index < -0.39 is 6.10 Å². The summed E-state index contributed by atoms with van der Waals surface area (Å²) < 4.78 is 0. The zero-order chi connectivity index (χ0) is 17.3. The topological polar surface area (TPSA) is 23.1 Å². The van der Waals surface area contributed by atoms with E-state index in [0.717, 1.165) is 17.5 Å². The van der Waals surface area contributed by atoms with E-state index in [1.165, 1.54) is 0 Å². The molecule has 0 atom stereocenters. The van der Waals surface area contributed by atoms with Crippen LogP contribution >= 0.6 is 0 Å². The summed E-state index contributed by atoms with van der Waals surface area (Å²) in [5.74, 6) is 0. The van der Waals surface area contributed by atoms with Crippen molar-refractivity contribution >= 4 is 0 Å². The van der Waals surface area contributed by atoms with Crippen LogP contribution in [0.2, 0.25) is 0 Å². The van der Waals surface area contributed by atoms with Crippen molar-refractivity contribution in [2.45, 2.75) is 26.4 Å². The van der Waals surface area contributed by atoms with Crippen LogP contribution in [-0.4, -0.2) is 6.10 Å². The van der Waals surface area contributed by atoms with E-state index in [0.29, 0.717) is 0 Å². The molecule has 0 amide bonds. The van der Waals surface area contributed by atoms with Gasteiger partial charge in [-0.1, -0.05) is 26.0 Å². The van der Waals surface area contributed by atoms with Crippen molar-refractivity contribution in [3.05, 3.63) is 110 Å². The van der Waals surface area contributed by atoms with Crippen molar-refractivity contribution in [1.29, 1.82) is 0 Å². The van der Waals surface area contributed by atoms with Gasteiger partial charge in [0.15, 0.2) is 0 Å². The van der Waals surface area contributed by atoms with Crippen LogP contribution < -0.4 is 5.11 Å². The van der Waals surface area contributed by atoms with Gasteiger partial charge in [0.05, 0.1) is 0 Å². The largest absolute Gasteiger partial charge is 4.00 e. The van der Waals surface area contributed by atoms with Crippen LogP contribution in [0.5, 0.6) is 0 Å². The second-order valence-electron chi connectivity index (χ2n) is 5.02. The van der Waals surface area contributed by atoms with E-state index in [2.05, 4.69) is 26.0 Å². The third-order valence-electron chi connectivity index (χ3n) is 2.27. The van der Waals surface area contributed by atoms with Crippen molar-refractivity contribution in [1.82, 2.24) is 0 Å². The number of hydrogen-bond donors (Lipinski definition) is 0. The Morgan fingerprint density at radius 3 is 1.38 bits per heavy atom. The van der Waals surface area contributed by atoms with E-state index in [4.69, 9.17) is 0 Å². The molecule has 2 heteroatoms. The molecule has 0 heterocycles. The second kappa shape index (κ2) is 17.7. The van der Waals surface area contributed by atoms with Crippen molar-refractivity contribution in [2.75, 3.05) is 0 Å². The molecule has 0 spiro atoms. The minimum absolute atomic E-state index is 0. The Hall–Kier alpha value is -1.67. The molecule has 0 aliphatic heterocycles. The van der Waals surface area contributed by atoms with Gasteiger partial charge >= 0.3 is 21.7 Å². The fourth-order valence-electron chi connectivity index (χ4n) is 1.30. The number of rotatable bonds is 0. The molecule has 24 heavy (non-hydrogen) atoms. The first-order chi connectivity index (χ1) is 11.0. The van der Waals surface area contributed by atoms with Crippen LogP contribution in [0.15, 0.2) is 78.9 Å². The summed E-state index contributed by atoms with van der Waals surface area (Å²) in [6, 6.07) is 19.7. The molecule has 1 nitrogen and oxygen atoms in total. The van der Waals surface area contributed by atoms with Crippen LogP contribution in [0.1, 0.15) is 31.4 Å². The zero-order valence-corrected chi connectivity index (χ0v) is 16.2. The predicted octanol–water partition coefficient (Wildman–Crippen LogP) is 4.80. The molecule has 1 aliphatic rings. The second-order valence-corrected chi connectivity index (χ2v) is 5.02. The molecule has 0 unspecified atom stereocenters. The third kappa shape index (κ3) is 20.3. The Morgan fingerprint density at radius 1 is 0.875 bits per heavy atom. The quantitative estimate of drug-likeness (QED) is 0.492. The minimum atomic E-state index is -0.417. The first kappa shape index (κ1) is 24.6. The summed E-state index contributed by atoms with van der Waals surface area (Å²) in [7, 11) is 0. The number of allylic oxidation sites excluding steroid dienone is 4. The first-order valence-electron chi connectivity index (χ1n) is 7.64. The molecule has 0 saturated heterocycles. The van der Waals surface area contributed by atoms with E-state index >= 15 is 0 Å². The van der Waals surface area contributed by atoms with Gasteiger partial charge in [0, 0.05) is 0 Å². The average Bonchev–Trinajstić information content (AvgIpc) is 3.08. The summed E-state index contributed by atoms with van der Waals surface area (Å²) in [5.41, 5.74) is 2.14. The molecular weight excluding hydrogens is 328 g/mol. The predicted molar refractivity (Wildman–Crippen MR) is 98.5 cm³/mol. The molecule has 1 aliphatic carbocycles. The molecule has 0 bridgehead atoms. The number of benzene rings is 2. The van der Waals surface area contributed by atoms with Crippen LogP contribution in [0.25, 0.3) is 0 Å². The molecule has 0 aromatic heterocycles. The van der Waals surface area contributed by atoms with E-state index in [9.17, 15) is 5.11 Å². The molecule has 0 N–H and O–H groups in total. The maximum absolute atomic E-state index is 9.53. The number of hydrogen-bond acceptors (Lipinski definition) is 1. The first-order valence-corrected chi connectivity index (χ1v) is 7.64. The zero-order valence-electron chi connectivity index (χ0n) is 14.6. The maximum Gasteiger partial charge on any atom is 4.00 e. The van der Waals surface area contributed by atoms with Crippen LogP contribution in [-0.2, 0) is 21.7 Å². The Balaban J connectivity index is 0. The van der Waals surface area contributed by atoms with Gasteiger partial charge < -0.3 is 5.11 Å². The maximum atomic E-state index is 9.53. The smallest absolute Gasteiger partial charge is 0.852 e. The van der Waals surface area contributed by atoms with Gasteiger partial charge in [-0.25, -0.2) is 12.2 Å². The van der Waals surface area contributed by atoms with Crippen LogP contribution in [0.4, 0.5) is 0 Å². The van der Waals surface area contributed by atoms with Crippen molar-refractivity contribution in [3.8, 4) is 0 Å². The van der Waals surface area contributed by atoms with Gasteiger partial charge in [0.2, 0.25) is 0 Å². The summed E-state index contributed by atoms with van der Waals surface area (Å²) in [4.78, 5) is 0. The molecule has 3 rings (SSSR count). The fraction of sp³-hybridized carbons (Fsp3) is 0.182. The van der Waals surface area contributed by atoms with E-state index in [-0.39, 0.29) is 21.7 Å². The van der Waals surface area contributed by atoms with Gasteiger partial charge in [-0.3, -0.25) is 6.08 Å². The normalized spacial score (nSPS) is 10.2. The molecule has 0 fully saturated rings. The SMILES string of the molecule is CC(C)[O-].[C-]1=CC=CC1.[CH2-]c1ccccc1.[CH2-]c1ccccc1.[Ti+4]. The monoisotopic (exact) mass is 354 g/mol. The standard InChI is InChI=1S/2C7H7.C5H5.C3H7O.Ti/c2*1-7-5-3-2-4-6-7;1-2-4-5-3-1;1-3(2)4;/h2*2-6H,1H2;1-3H,4H2;3H,1-2H3;/q4*-1;+4. The van der Waals surface area contributed by atoms with Crippen LogP contribution in [0, 0.1) is 19.9 Å². The summed E-state index contributed by atoms with van der Waals surface area (Å²) in [6.45, 7) is 10.7. The van der Waals surface area contributed by atoms with Crippen LogP contribution in [0.3, 0.4) is 0 Å². The molecular formula is C22H26OTi. The molecule has 0 radical (unpaired) electrons. The fourth-order valence-corrected chi connectivity index (χ4v) is 1.30. The van der Waals surface area contributed by atoms with E-state index in [1.54, 1.807) is 13.8 Å². The molecule has 0 saturated carbocycles.